The fourth-order valence-corrected chi connectivity index (χ4v) is 3.61. The lowest BCUT2D eigenvalue weighted by Crippen LogP contribution is -2.26. The number of ether oxygens (including phenoxy) is 1. The molecule has 0 unspecified atom stereocenters. The molecule has 0 amide bonds. The van der Waals surface area contributed by atoms with E-state index in [1.807, 2.05) is 30.3 Å². The lowest BCUT2D eigenvalue weighted by Gasteiger charge is -2.33. The molecule has 1 heterocycles. The predicted molar refractivity (Wildman–Crippen MR) is 104 cm³/mol. The number of nitro benzene ring substituents is 1. The summed E-state index contributed by atoms with van der Waals surface area (Å²) in [5.74, 6) is 0. The summed E-state index contributed by atoms with van der Waals surface area (Å²) in [4.78, 5) is 10.4. The van der Waals surface area contributed by atoms with Gasteiger partial charge in [-0.25, -0.2) is 0 Å². The molecule has 0 aromatic heterocycles. The molecule has 11 heteroatoms. The molecule has 2 aromatic carbocycles. The highest BCUT2D eigenvalue weighted by atomic mass is 32.2. The number of benzene rings is 2. The van der Waals surface area contributed by atoms with E-state index in [9.17, 15) is 31.7 Å². The van der Waals surface area contributed by atoms with Crippen LogP contribution in [0, 0.1) is 10.1 Å². The van der Waals surface area contributed by atoms with Crippen LogP contribution in [0.15, 0.2) is 66.2 Å². The van der Waals surface area contributed by atoms with Crippen LogP contribution in [0.3, 0.4) is 0 Å². The Morgan fingerprint density at radius 3 is 2.32 bits per heavy atom. The molecule has 0 spiro atoms. The van der Waals surface area contributed by atoms with E-state index in [2.05, 4.69) is 4.18 Å². The third-order valence-corrected chi connectivity index (χ3v) is 5.78. The smallest absolute Gasteiger partial charge is 0.361 e. The van der Waals surface area contributed by atoms with Gasteiger partial charge in [0.15, 0.2) is 0 Å². The fraction of sp³-hybridized carbons (Fsp3) is 0.300. The first-order valence-electron chi connectivity index (χ1n) is 9.18. The van der Waals surface area contributed by atoms with Crippen molar-refractivity contribution in [2.75, 3.05) is 6.61 Å². The van der Waals surface area contributed by atoms with Crippen molar-refractivity contribution in [1.29, 1.82) is 0 Å². The van der Waals surface area contributed by atoms with Crippen LogP contribution in [0.1, 0.15) is 36.2 Å². The van der Waals surface area contributed by atoms with Crippen molar-refractivity contribution in [3.05, 3.63) is 87.5 Å². The van der Waals surface area contributed by atoms with Crippen molar-refractivity contribution in [2.45, 2.75) is 30.6 Å². The van der Waals surface area contributed by atoms with E-state index < -0.39 is 33.3 Å². The van der Waals surface area contributed by atoms with Crippen LogP contribution in [0.2, 0.25) is 0 Å². The Bertz CT molecular complexity index is 1050. The van der Waals surface area contributed by atoms with E-state index in [1.165, 1.54) is 30.3 Å². The minimum atomic E-state index is -5.71. The number of non-ortho nitro benzene ring substituents is 1. The summed E-state index contributed by atoms with van der Waals surface area (Å²) in [6.45, 7) is -0.806. The molecule has 166 valence electrons. The van der Waals surface area contributed by atoms with Crippen molar-refractivity contribution >= 4 is 15.8 Å². The molecule has 0 radical (unpaired) electrons. The van der Waals surface area contributed by atoms with Gasteiger partial charge in [-0.05, 0) is 41.7 Å². The van der Waals surface area contributed by atoms with Gasteiger partial charge in [-0.2, -0.15) is 21.6 Å². The normalized spacial score (nSPS) is 21.2. The van der Waals surface area contributed by atoms with Crippen molar-refractivity contribution in [1.82, 2.24) is 0 Å². The van der Waals surface area contributed by atoms with Gasteiger partial charge in [-0.1, -0.05) is 36.4 Å². The topological polar surface area (TPSA) is 95.7 Å². The van der Waals surface area contributed by atoms with Gasteiger partial charge in [0.05, 0.1) is 17.6 Å². The number of rotatable bonds is 6. The first-order chi connectivity index (χ1) is 14.6. The first-order valence-corrected chi connectivity index (χ1v) is 10.6. The molecule has 7 nitrogen and oxygen atoms in total. The number of halogens is 3. The van der Waals surface area contributed by atoms with Crippen molar-refractivity contribution in [2.24, 2.45) is 0 Å². The van der Waals surface area contributed by atoms with Crippen LogP contribution in [0.4, 0.5) is 18.9 Å². The van der Waals surface area contributed by atoms with Crippen LogP contribution in [0.5, 0.6) is 0 Å². The standard InChI is InChI=1S/C20H18F3NO6S/c21-20(22,23)31(27,28)29-13-12-16-8-11-18(14-4-2-1-3-5-14)30-19(16)15-6-9-17(10-7-15)24(25)26/h1-7,9-10,12,18-19H,8,11,13H2/b16-12+/t18-,19+/m0/s1. The third kappa shape index (κ3) is 5.49. The minimum absolute atomic E-state index is 0.121. The number of hydrogen-bond donors (Lipinski definition) is 0. The monoisotopic (exact) mass is 457 g/mol. The third-order valence-electron chi connectivity index (χ3n) is 4.76. The lowest BCUT2D eigenvalue weighted by atomic mass is 9.90. The Labute approximate surface area is 176 Å². The molecule has 0 aliphatic carbocycles. The van der Waals surface area contributed by atoms with E-state index in [-0.39, 0.29) is 11.8 Å². The second-order valence-electron chi connectivity index (χ2n) is 6.77. The van der Waals surface area contributed by atoms with Crippen molar-refractivity contribution in [3.63, 3.8) is 0 Å². The highest BCUT2D eigenvalue weighted by Gasteiger charge is 2.47. The molecule has 1 fully saturated rings. The second kappa shape index (κ2) is 9.16. The van der Waals surface area contributed by atoms with Gasteiger partial charge < -0.3 is 4.74 Å². The molecular weight excluding hydrogens is 439 g/mol. The molecule has 0 N–H and O–H groups in total. The van der Waals surface area contributed by atoms with E-state index in [0.717, 1.165) is 5.56 Å². The molecule has 1 aliphatic heterocycles. The zero-order valence-corrected chi connectivity index (χ0v) is 16.8. The summed E-state index contributed by atoms with van der Waals surface area (Å²) in [5.41, 5.74) is -3.65. The van der Waals surface area contributed by atoms with E-state index in [4.69, 9.17) is 4.74 Å². The summed E-state index contributed by atoms with van der Waals surface area (Å²) >= 11 is 0. The molecule has 2 atom stereocenters. The van der Waals surface area contributed by atoms with Gasteiger partial charge in [-0.3, -0.25) is 14.3 Å². The SMILES string of the molecule is O=[N+]([O-])c1ccc([C@H]2O[C@H](c3ccccc3)CC/C2=C\COS(=O)(=O)C(F)(F)F)cc1. The number of alkyl halides is 3. The van der Waals surface area contributed by atoms with Crippen LogP contribution in [0.25, 0.3) is 0 Å². The maximum Gasteiger partial charge on any atom is 0.523 e. The minimum Gasteiger partial charge on any atom is -0.361 e. The highest BCUT2D eigenvalue weighted by molar-refractivity contribution is 7.87. The molecular formula is C20H18F3NO6S. The quantitative estimate of drug-likeness (QED) is 0.200. The predicted octanol–water partition coefficient (Wildman–Crippen LogP) is 4.98. The summed E-state index contributed by atoms with van der Waals surface area (Å²) in [6, 6.07) is 14.9. The molecule has 2 aromatic rings. The Morgan fingerprint density at radius 1 is 1.10 bits per heavy atom. The van der Waals surface area contributed by atoms with E-state index in [1.54, 1.807) is 0 Å². The Balaban J connectivity index is 1.85. The van der Waals surface area contributed by atoms with Crippen molar-refractivity contribution in [3.8, 4) is 0 Å². The average Bonchev–Trinajstić information content (AvgIpc) is 2.74. The Morgan fingerprint density at radius 2 is 1.74 bits per heavy atom. The molecule has 31 heavy (non-hydrogen) atoms. The van der Waals surface area contributed by atoms with Gasteiger partial charge in [0.2, 0.25) is 0 Å². The van der Waals surface area contributed by atoms with Gasteiger partial charge in [-0.15, -0.1) is 0 Å². The molecule has 3 rings (SSSR count). The van der Waals surface area contributed by atoms with Crippen LogP contribution >= 0.6 is 0 Å². The molecule has 0 saturated carbocycles. The van der Waals surface area contributed by atoms with Gasteiger partial charge in [0.25, 0.3) is 5.69 Å². The lowest BCUT2D eigenvalue weighted by molar-refractivity contribution is -0.384. The summed E-state index contributed by atoms with van der Waals surface area (Å²) in [6.07, 6.45) is 1.15. The second-order valence-corrected chi connectivity index (χ2v) is 8.37. The van der Waals surface area contributed by atoms with Crippen LogP contribution in [-0.4, -0.2) is 25.5 Å². The van der Waals surface area contributed by atoms with Gasteiger partial charge in [0.1, 0.15) is 6.10 Å². The summed E-state index contributed by atoms with van der Waals surface area (Å²) < 4.78 is 69.9. The van der Waals surface area contributed by atoms with Crippen molar-refractivity contribution < 1.29 is 35.4 Å². The van der Waals surface area contributed by atoms with E-state index >= 15 is 0 Å². The first kappa shape index (κ1) is 22.9. The zero-order chi connectivity index (χ0) is 22.6. The maximum absolute atomic E-state index is 12.5. The Kier molecular flexibility index (Phi) is 6.77. The molecule has 1 aliphatic rings. The molecule has 0 bridgehead atoms. The van der Waals surface area contributed by atoms with Crippen LogP contribution in [-0.2, 0) is 19.0 Å². The van der Waals surface area contributed by atoms with E-state index in [0.29, 0.717) is 24.0 Å². The van der Waals surface area contributed by atoms with Crippen LogP contribution < -0.4 is 0 Å². The Hall–Kier alpha value is -2.76. The summed E-state index contributed by atoms with van der Waals surface area (Å²) in [7, 11) is -5.71. The maximum atomic E-state index is 12.5. The number of nitro groups is 1. The zero-order valence-electron chi connectivity index (χ0n) is 16.0. The molecule has 1 saturated heterocycles. The summed E-state index contributed by atoms with van der Waals surface area (Å²) in [5, 5.41) is 10.9. The average molecular weight is 457 g/mol. The van der Waals surface area contributed by atoms with Gasteiger partial charge in [0, 0.05) is 12.1 Å². The fourth-order valence-electron chi connectivity index (χ4n) is 3.23. The number of nitrogens with zero attached hydrogens (tertiary/aromatic N) is 1. The largest absolute Gasteiger partial charge is 0.523 e. The highest BCUT2D eigenvalue weighted by Crippen LogP contribution is 2.42. The van der Waals surface area contributed by atoms with Gasteiger partial charge >= 0.3 is 15.6 Å². The number of hydrogen-bond acceptors (Lipinski definition) is 6.